The number of hydrogen-bond acceptors (Lipinski definition) is 6. The summed E-state index contributed by atoms with van der Waals surface area (Å²) in [6.45, 7) is 0. The first kappa shape index (κ1) is 14.4. The van der Waals surface area contributed by atoms with Gasteiger partial charge < -0.3 is 10.3 Å². The van der Waals surface area contributed by atoms with E-state index in [9.17, 15) is 9.59 Å². The Morgan fingerprint density at radius 1 is 1.18 bits per heavy atom. The summed E-state index contributed by atoms with van der Waals surface area (Å²) in [6.07, 6.45) is 3.77. The average Bonchev–Trinajstić information content (AvgIpc) is 3.19. The van der Waals surface area contributed by atoms with Crippen LogP contribution in [0.2, 0.25) is 0 Å². The van der Waals surface area contributed by atoms with Crippen molar-refractivity contribution in [3.63, 3.8) is 0 Å². The number of carbonyl (C=O) groups is 2. The fraction of sp³-hybridized carbons (Fsp3) is 0.0769. The van der Waals surface area contributed by atoms with Crippen LogP contribution in [0.1, 0.15) is 16.2 Å². The minimum Gasteiger partial charge on any atom is -0.369 e. The fourth-order valence-corrected chi connectivity index (χ4v) is 3.21. The number of carbonyl (C=O) groups excluding carboxylic acids is 2. The summed E-state index contributed by atoms with van der Waals surface area (Å²) in [7, 11) is 0. The van der Waals surface area contributed by atoms with Crippen LogP contribution in [0.15, 0.2) is 35.3 Å². The smallest absolute Gasteiger partial charge is 0.276 e. The molecule has 0 aliphatic heterocycles. The van der Waals surface area contributed by atoms with Crippen molar-refractivity contribution in [1.82, 2.24) is 14.5 Å². The molecule has 0 saturated carbocycles. The molecule has 0 unspecified atom stereocenters. The number of anilines is 1. The molecule has 0 atom stereocenters. The summed E-state index contributed by atoms with van der Waals surface area (Å²) < 4.78 is 1.83. The van der Waals surface area contributed by atoms with Crippen LogP contribution in [0.5, 0.6) is 0 Å². The molecule has 3 N–H and O–H groups in total. The zero-order valence-electron chi connectivity index (χ0n) is 11.2. The molecule has 7 nitrogen and oxygen atoms in total. The van der Waals surface area contributed by atoms with Crippen molar-refractivity contribution < 1.29 is 9.59 Å². The van der Waals surface area contributed by atoms with E-state index >= 15 is 0 Å². The van der Waals surface area contributed by atoms with Crippen LogP contribution in [0.4, 0.5) is 5.13 Å². The van der Waals surface area contributed by atoms with Gasteiger partial charge in [0.25, 0.3) is 5.91 Å². The Hall–Kier alpha value is -2.52. The van der Waals surface area contributed by atoms with E-state index in [2.05, 4.69) is 15.3 Å². The minimum absolute atomic E-state index is 0.0564. The van der Waals surface area contributed by atoms with Crippen LogP contribution < -0.4 is 11.1 Å². The molecular weight excluding hydrogens is 322 g/mol. The zero-order valence-corrected chi connectivity index (χ0v) is 12.9. The lowest BCUT2D eigenvalue weighted by Gasteiger charge is -1.98. The van der Waals surface area contributed by atoms with Crippen molar-refractivity contribution >= 4 is 39.6 Å². The average molecular weight is 333 g/mol. The highest BCUT2D eigenvalue weighted by Crippen LogP contribution is 2.19. The third-order valence-corrected chi connectivity index (χ3v) is 4.34. The van der Waals surface area contributed by atoms with Gasteiger partial charge in [-0.1, -0.05) is 0 Å². The van der Waals surface area contributed by atoms with Gasteiger partial charge in [-0.05, 0) is 12.1 Å². The monoisotopic (exact) mass is 333 g/mol. The number of aromatic nitrogens is 3. The molecule has 22 heavy (non-hydrogen) atoms. The molecule has 3 heterocycles. The van der Waals surface area contributed by atoms with Crippen LogP contribution >= 0.6 is 22.7 Å². The van der Waals surface area contributed by atoms with Gasteiger partial charge in [0.15, 0.2) is 10.3 Å². The van der Waals surface area contributed by atoms with E-state index < -0.39 is 5.91 Å². The number of thiazole rings is 2. The Kier molecular flexibility index (Phi) is 3.98. The summed E-state index contributed by atoms with van der Waals surface area (Å²) in [4.78, 5) is 31.4. The molecule has 2 amide bonds. The SMILES string of the molecule is NC(=O)Cc1csc(NC(=O)c2csc(-n3cccc3)n2)n1. The second-order valence-corrected chi connectivity index (χ2v) is 6.04. The van der Waals surface area contributed by atoms with Crippen molar-refractivity contribution in [1.29, 1.82) is 0 Å². The Labute approximate surface area is 133 Å². The molecule has 0 aliphatic carbocycles. The molecule has 0 fully saturated rings. The predicted molar refractivity (Wildman–Crippen MR) is 84.4 cm³/mol. The summed E-state index contributed by atoms with van der Waals surface area (Å²) in [6, 6.07) is 3.77. The van der Waals surface area contributed by atoms with Gasteiger partial charge >= 0.3 is 0 Å². The van der Waals surface area contributed by atoms with E-state index in [1.807, 2.05) is 29.1 Å². The number of nitrogens with one attached hydrogen (secondary N) is 1. The van der Waals surface area contributed by atoms with Gasteiger partial charge in [0.2, 0.25) is 5.91 Å². The van der Waals surface area contributed by atoms with Gasteiger partial charge in [-0.25, -0.2) is 9.97 Å². The van der Waals surface area contributed by atoms with Crippen LogP contribution in [-0.2, 0) is 11.2 Å². The van der Waals surface area contributed by atoms with Gasteiger partial charge in [-0.15, -0.1) is 22.7 Å². The highest BCUT2D eigenvalue weighted by Gasteiger charge is 2.14. The fourth-order valence-electron chi connectivity index (χ4n) is 1.73. The topological polar surface area (TPSA) is 103 Å². The third-order valence-electron chi connectivity index (χ3n) is 2.68. The highest BCUT2D eigenvalue weighted by atomic mass is 32.1. The quantitative estimate of drug-likeness (QED) is 0.741. The molecule has 0 radical (unpaired) electrons. The van der Waals surface area contributed by atoms with Crippen LogP contribution in [-0.4, -0.2) is 26.3 Å². The van der Waals surface area contributed by atoms with Gasteiger partial charge in [0.1, 0.15) is 5.69 Å². The first-order chi connectivity index (χ1) is 10.6. The van der Waals surface area contributed by atoms with E-state index in [4.69, 9.17) is 5.73 Å². The van der Waals surface area contributed by atoms with E-state index in [1.165, 1.54) is 22.7 Å². The van der Waals surface area contributed by atoms with E-state index in [1.54, 1.807) is 10.8 Å². The lowest BCUT2D eigenvalue weighted by atomic mass is 10.3. The molecule has 0 aromatic carbocycles. The molecule has 0 saturated heterocycles. The van der Waals surface area contributed by atoms with Crippen molar-refractivity contribution in [2.75, 3.05) is 5.32 Å². The number of rotatable bonds is 5. The van der Waals surface area contributed by atoms with E-state index in [-0.39, 0.29) is 12.3 Å². The summed E-state index contributed by atoms with van der Waals surface area (Å²) >= 11 is 2.61. The van der Waals surface area contributed by atoms with Gasteiger partial charge in [0.05, 0.1) is 12.1 Å². The summed E-state index contributed by atoms with van der Waals surface area (Å²) in [5, 5.41) is 7.16. The maximum atomic E-state index is 12.1. The molecular formula is C13H11N5O2S2. The molecule has 0 spiro atoms. The molecule has 112 valence electrons. The van der Waals surface area contributed by atoms with Gasteiger partial charge in [0, 0.05) is 23.2 Å². The lowest BCUT2D eigenvalue weighted by molar-refractivity contribution is -0.117. The largest absolute Gasteiger partial charge is 0.369 e. The van der Waals surface area contributed by atoms with Crippen LogP contribution in [0.3, 0.4) is 0 Å². The molecule has 3 aromatic heterocycles. The Morgan fingerprint density at radius 2 is 1.95 bits per heavy atom. The maximum absolute atomic E-state index is 12.1. The second-order valence-electron chi connectivity index (χ2n) is 4.35. The van der Waals surface area contributed by atoms with Crippen LogP contribution in [0.25, 0.3) is 5.13 Å². The molecule has 3 rings (SSSR count). The van der Waals surface area contributed by atoms with Gasteiger partial charge in [-0.2, -0.15) is 0 Å². The van der Waals surface area contributed by atoms with Crippen LogP contribution in [0, 0.1) is 0 Å². The zero-order chi connectivity index (χ0) is 15.5. The first-order valence-electron chi connectivity index (χ1n) is 6.25. The molecule has 3 aromatic rings. The lowest BCUT2D eigenvalue weighted by Crippen LogP contribution is -2.14. The summed E-state index contributed by atoms with van der Waals surface area (Å²) in [5.74, 6) is -0.798. The van der Waals surface area contributed by atoms with Gasteiger partial charge in [-0.3, -0.25) is 14.9 Å². The van der Waals surface area contributed by atoms with E-state index in [0.29, 0.717) is 21.7 Å². The number of nitrogens with two attached hydrogens (primary N) is 1. The normalized spacial score (nSPS) is 10.5. The molecule has 9 heteroatoms. The molecule has 0 bridgehead atoms. The Balaban J connectivity index is 1.69. The number of nitrogens with zero attached hydrogens (tertiary/aromatic N) is 3. The maximum Gasteiger partial charge on any atom is 0.276 e. The van der Waals surface area contributed by atoms with Crippen molar-refractivity contribution in [2.24, 2.45) is 5.73 Å². The van der Waals surface area contributed by atoms with Crippen molar-refractivity contribution in [2.45, 2.75) is 6.42 Å². The van der Waals surface area contributed by atoms with Crippen molar-refractivity contribution in [3.8, 4) is 5.13 Å². The molecule has 0 aliphatic rings. The van der Waals surface area contributed by atoms with E-state index in [0.717, 1.165) is 0 Å². The Morgan fingerprint density at radius 3 is 2.68 bits per heavy atom. The predicted octanol–water partition coefficient (Wildman–Crippen LogP) is 1.67. The first-order valence-corrected chi connectivity index (χ1v) is 8.00. The third kappa shape index (κ3) is 3.21. The van der Waals surface area contributed by atoms with Crippen molar-refractivity contribution in [3.05, 3.63) is 46.7 Å². The minimum atomic E-state index is -0.459. The number of amides is 2. The standard InChI is InChI=1S/C13H11N5O2S2/c14-10(19)5-8-6-21-12(15-8)17-11(20)9-7-22-13(16-9)18-3-1-2-4-18/h1-4,6-7H,5H2,(H2,14,19)(H,15,17,20). The Bertz CT molecular complexity index is 806. The highest BCUT2D eigenvalue weighted by molar-refractivity contribution is 7.14. The summed E-state index contributed by atoms with van der Waals surface area (Å²) in [5.41, 5.74) is 5.96. The number of primary amides is 1. The second kappa shape index (κ2) is 6.08. The number of hydrogen-bond donors (Lipinski definition) is 2.